The fourth-order valence-corrected chi connectivity index (χ4v) is 5.06. The number of aryl methyl sites for hydroxylation is 2. The van der Waals surface area contributed by atoms with Crippen molar-refractivity contribution in [1.82, 2.24) is 29.1 Å². The van der Waals surface area contributed by atoms with Gasteiger partial charge in [0, 0.05) is 51.5 Å². The fraction of sp³-hybridized carbons (Fsp3) is 0.478. The van der Waals surface area contributed by atoms with Gasteiger partial charge in [-0.1, -0.05) is 29.8 Å². The minimum absolute atomic E-state index is 0.0482. The Balaban J connectivity index is 1.40. The number of fused-ring (bicyclic) bond motifs is 2. The van der Waals surface area contributed by atoms with Crippen LogP contribution in [0.15, 0.2) is 42.9 Å². The molecule has 0 unspecified atom stereocenters. The molecule has 0 bridgehead atoms. The van der Waals surface area contributed by atoms with Crippen molar-refractivity contribution < 1.29 is 0 Å². The van der Waals surface area contributed by atoms with E-state index < -0.39 is 0 Å². The van der Waals surface area contributed by atoms with Crippen molar-refractivity contribution in [2.75, 3.05) is 26.7 Å². The molecule has 0 atom stereocenters. The summed E-state index contributed by atoms with van der Waals surface area (Å²) in [5.74, 6) is 1.25. The Bertz CT molecular complexity index is 991. The Morgan fingerprint density at radius 2 is 1.72 bits per heavy atom. The number of likely N-dealkylation sites (N-methyl/N-ethyl adjacent to an activating group) is 1. The number of aromatic nitrogens is 4. The van der Waals surface area contributed by atoms with Crippen molar-refractivity contribution in [3.8, 4) is 11.3 Å². The molecule has 29 heavy (non-hydrogen) atoms. The van der Waals surface area contributed by atoms with Gasteiger partial charge in [-0.05, 0) is 32.4 Å². The van der Waals surface area contributed by atoms with Crippen LogP contribution in [0.25, 0.3) is 11.3 Å². The van der Waals surface area contributed by atoms with E-state index in [1.54, 1.807) is 0 Å². The van der Waals surface area contributed by atoms with Crippen molar-refractivity contribution in [3.05, 3.63) is 59.8 Å². The van der Waals surface area contributed by atoms with Gasteiger partial charge in [-0.3, -0.25) is 14.5 Å². The second-order valence-electron chi connectivity index (χ2n) is 8.74. The Hall–Kier alpha value is -2.44. The molecule has 152 valence electrons. The molecule has 0 aliphatic carbocycles. The molecule has 2 aliphatic heterocycles. The molecule has 6 nitrogen and oxygen atoms in total. The van der Waals surface area contributed by atoms with Crippen LogP contribution in [0.3, 0.4) is 0 Å². The number of likely N-dealkylation sites (tertiary alicyclic amines) is 1. The van der Waals surface area contributed by atoms with Crippen LogP contribution < -0.4 is 0 Å². The molecule has 1 aromatic carbocycles. The maximum atomic E-state index is 4.98. The average molecular weight is 391 g/mol. The van der Waals surface area contributed by atoms with E-state index in [4.69, 9.17) is 4.98 Å². The second kappa shape index (κ2) is 7.11. The first kappa shape index (κ1) is 18.6. The van der Waals surface area contributed by atoms with Crippen LogP contribution in [0.5, 0.6) is 0 Å². The smallest absolute Gasteiger partial charge is 0.129 e. The second-order valence-corrected chi connectivity index (χ2v) is 8.74. The highest BCUT2D eigenvalue weighted by atomic mass is 15.3. The van der Waals surface area contributed by atoms with Gasteiger partial charge in [0.1, 0.15) is 5.82 Å². The first-order valence-corrected chi connectivity index (χ1v) is 10.6. The predicted octanol–water partition coefficient (Wildman–Crippen LogP) is 3.03. The Morgan fingerprint density at radius 3 is 2.41 bits per heavy atom. The van der Waals surface area contributed by atoms with E-state index in [1.165, 1.54) is 28.2 Å². The number of nitrogens with zero attached hydrogens (tertiary/aromatic N) is 6. The van der Waals surface area contributed by atoms with Crippen LogP contribution in [-0.2, 0) is 25.7 Å². The number of benzene rings is 1. The standard InChI is InChI=1S/C23H30N6/c1-18-4-6-20(7-5-18)21-15-24-22-23(26(2)12-13-29(21)22)8-10-28(11-9-23)17-19-14-25-27(3)16-19/h4-7,14-16H,8-13,17H2,1-3H3. The van der Waals surface area contributed by atoms with Crippen molar-refractivity contribution in [2.24, 2.45) is 7.05 Å². The maximum absolute atomic E-state index is 4.98. The summed E-state index contributed by atoms with van der Waals surface area (Å²) in [5, 5.41) is 4.31. The SMILES string of the molecule is Cc1ccc(-c2cnc3n2CCN(C)C32CCN(Cc3cnn(C)c3)CC2)cc1. The minimum Gasteiger partial charge on any atom is -0.325 e. The third kappa shape index (κ3) is 3.20. The van der Waals surface area contributed by atoms with Crippen molar-refractivity contribution in [3.63, 3.8) is 0 Å². The summed E-state index contributed by atoms with van der Waals surface area (Å²) < 4.78 is 4.36. The Kier molecular flexibility index (Phi) is 4.56. The molecule has 3 aromatic rings. The molecule has 0 radical (unpaired) electrons. The molecular formula is C23H30N6. The summed E-state index contributed by atoms with van der Waals surface area (Å²) in [6.45, 7) is 7.38. The van der Waals surface area contributed by atoms with Crippen LogP contribution in [0.1, 0.15) is 29.8 Å². The molecule has 2 aromatic heterocycles. The maximum Gasteiger partial charge on any atom is 0.129 e. The van der Waals surface area contributed by atoms with Gasteiger partial charge in [-0.15, -0.1) is 0 Å². The topological polar surface area (TPSA) is 42.1 Å². The lowest BCUT2D eigenvalue weighted by Crippen LogP contribution is -2.56. The lowest BCUT2D eigenvalue weighted by atomic mass is 9.83. The largest absolute Gasteiger partial charge is 0.325 e. The first-order chi connectivity index (χ1) is 14.0. The highest BCUT2D eigenvalue weighted by Crippen LogP contribution is 2.41. The summed E-state index contributed by atoms with van der Waals surface area (Å²) in [6.07, 6.45) is 8.43. The van der Waals surface area contributed by atoms with E-state index in [1.807, 2.05) is 17.9 Å². The zero-order valence-corrected chi connectivity index (χ0v) is 17.7. The van der Waals surface area contributed by atoms with E-state index in [0.717, 1.165) is 45.6 Å². The average Bonchev–Trinajstić information content (AvgIpc) is 3.34. The molecule has 1 spiro atoms. The summed E-state index contributed by atoms with van der Waals surface area (Å²) in [4.78, 5) is 10.1. The normalized spacial score (nSPS) is 19.6. The van der Waals surface area contributed by atoms with Crippen LogP contribution in [-0.4, -0.2) is 55.8 Å². The highest BCUT2D eigenvalue weighted by Gasteiger charge is 2.45. The van der Waals surface area contributed by atoms with E-state index in [2.05, 4.69) is 70.1 Å². The van der Waals surface area contributed by atoms with E-state index in [9.17, 15) is 0 Å². The predicted molar refractivity (Wildman–Crippen MR) is 114 cm³/mol. The van der Waals surface area contributed by atoms with Gasteiger partial charge < -0.3 is 4.57 Å². The third-order valence-corrected chi connectivity index (χ3v) is 6.86. The van der Waals surface area contributed by atoms with Gasteiger partial charge in [0.15, 0.2) is 0 Å². The zero-order valence-electron chi connectivity index (χ0n) is 17.7. The molecule has 0 amide bonds. The van der Waals surface area contributed by atoms with Crippen molar-refractivity contribution in [1.29, 1.82) is 0 Å². The zero-order chi connectivity index (χ0) is 20.0. The van der Waals surface area contributed by atoms with E-state index >= 15 is 0 Å². The van der Waals surface area contributed by atoms with Gasteiger partial charge in [0.2, 0.25) is 0 Å². The molecule has 0 saturated carbocycles. The molecule has 1 saturated heterocycles. The fourth-order valence-electron chi connectivity index (χ4n) is 5.06. The molecule has 4 heterocycles. The van der Waals surface area contributed by atoms with Crippen molar-refractivity contribution >= 4 is 0 Å². The monoisotopic (exact) mass is 390 g/mol. The van der Waals surface area contributed by atoms with Gasteiger partial charge in [0.05, 0.1) is 23.6 Å². The number of rotatable bonds is 3. The Morgan fingerprint density at radius 1 is 0.966 bits per heavy atom. The Labute approximate surface area is 172 Å². The van der Waals surface area contributed by atoms with E-state index in [0.29, 0.717) is 0 Å². The third-order valence-electron chi connectivity index (χ3n) is 6.86. The van der Waals surface area contributed by atoms with Crippen LogP contribution in [0.4, 0.5) is 0 Å². The number of imidazole rings is 1. The first-order valence-electron chi connectivity index (χ1n) is 10.6. The molecule has 0 N–H and O–H groups in total. The summed E-state index contributed by atoms with van der Waals surface area (Å²) >= 11 is 0. The summed E-state index contributed by atoms with van der Waals surface area (Å²) in [6, 6.07) is 8.83. The van der Waals surface area contributed by atoms with Gasteiger partial charge in [-0.25, -0.2) is 4.98 Å². The minimum atomic E-state index is 0.0482. The summed E-state index contributed by atoms with van der Waals surface area (Å²) in [7, 11) is 4.26. The van der Waals surface area contributed by atoms with Crippen LogP contribution in [0, 0.1) is 6.92 Å². The van der Waals surface area contributed by atoms with Gasteiger partial charge >= 0.3 is 0 Å². The summed E-state index contributed by atoms with van der Waals surface area (Å²) in [5.41, 5.74) is 5.16. The molecule has 6 heteroatoms. The highest BCUT2D eigenvalue weighted by molar-refractivity contribution is 5.60. The van der Waals surface area contributed by atoms with Crippen LogP contribution in [0.2, 0.25) is 0 Å². The molecule has 2 aliphatic rings. The number of hydrogen-bond acceptors (Lipinski definition) is 4. The lowest BCUT2D eigenvalue weighted by Gasteiger charge is -2.49. The number of piperidine rings is 1. The molecular weight excluding hydrogens is 360 g/mol. The van der Waals surface area contributed by atoms with E-state index in [-0.39, 0.29) is 5.54 Å². The number of hydrogen-bond donors (Lipinski definition) is 0. The van der Waals surface area contributed by atoms with Crippen molar-refractivity contribution in [2.45, 2.75) is 38.4 Å². The van der Waals surface area contributed by atoms with Gasteiger partial charge in [-0.2, -0.15) is 5.10 Å². The molecule has 1 fully saturated rings. The van der Waals surface area contributed by atoms with Crippen LogP contribution >= 0.6 is 0 Å². The molecule has 5 rings (SSSR count). The quantitative estimate of drug-likeness (QED) is 0.689. The van der Waals surface area contributed by atoms with Gasteiger partial charge in [0.25, 0.3) is 0 Å². The lowest BCUT2D eigenvalue weighted by molar-refractivity contribution is 0.00700.